The number of halogens is 1. The highest BCUT2D eigenvalue weighted by atomic mass is 35.5. The summed E-state index contributed by atoms with van der Waals surface area (Å²) >= 11 is 7.36. The van der Waals surface area contributed by atoms with Gasteiger partial charge in [0.15, 0.2) is 0 Å². The van der Waals surface area contributed by atoms with Gasteiger partial charge in [0.2, 0.25) is 12.7 Å². The maximum atomic E-state index is 12.1. The first-order chi connectivity index (χ1) is 9.29. The van der Waals surface area contributed by atoms with Gasteiger partial charge in [0, 0.05) is 4.75 Å². The fourth-order valence-corrected chi connectivity index (χ4v) is 4.15. The molecule has 3 atom stereocenters. The first-order valence-corrected chi connectivity index (χ1v) is 7.12. The Balaban J connectivity index is 1.98. The van der Waals surface area contributed by atoms with Crippen molar-refractivity contribution in [3.05, 3.63) is 0 Å². The molecule has 2 aliphatic heterocycles. The van der Waals surface area contributed by atoms with Gasteiger partial charge in [-0.2, -0.15) is 0 Å². The average Bonchev–Trinajstić information content (AvgIpc) is 2.66. The van der Waals surface area contributed by atoms with E-state index in [-0.39, 0.29) is 11.3 Å². The molecule has 7 nitrogen and oxygen atoms in total. The molecule has 0 aromatic heterocycles. The number of carbonyl (C=O) groups is 3. The number of carbonyl (C=O) groups excluding carboxylic acids is 3. The van der Waals surface area contributed by atoms with E-state index >= 15 is 0 Å². The van der Waals surface area contributed by atoms with Crippen LogP contribution in [0, 0.1) is 0 Å². The number of nitrogens with zero attached hydrogens (tertiary/aromatic N) is 1. The normalized spacial score (nSPS) is 30.3. The zero-order valence-corrected chi connectivity index (χ0v) is 12.7. The maximum Gasteiger partial charge on any atom is 0.510 e. The fraction of sp³-hybridized carbons (Fsp3) is 0.727. The highest BCUT2D eigenvalue weighted by Gasteiger charge is 2.63. The Bertz CT molecular complexity index is 456. The number of thioether (sulfide) groups is 1. The summed E-state index contributed by atoms with van der Waals surface area (Å²) in [6.07, 6.45) is -0.948. The predicted molar refractivity (Wildman–Crippen MR) is 70.2 cm³/mol. The number of ether oxygens (including phenoxy) is 3. The van der Waals surface area contributed by atoms with E-state index in [1.54, 1.807) is 0 Å². The Morgan fingerprint density at radius 1 is 1.40 bits per heavy atom. The van der Waals surface area contributed by atoms with Crippen LogP contribution in [-0.2, 0) is 23.8 Å². The van der Waals surface area contributed by atoms with E-state index in [1.165, 1.54) is 16.7 Å². The Hall–Kier alpha value is -1.15. The van der Waals surface area contributed by atoms with Crippen LogP contribution in [0.5, 0.6) is 0 Å². The van der Waals surface area contributed by atoms with Crippen LogP contribution in [0.2, 0.25) is 0 Å². The van der Waals surface area contributed by atoms with Crippen LogP contribution >= 0.6 is 23.4 Å². The summed E-state index contributed by atoms with van der Waals surface area (Å²) in [7, 11) is 1.14. The van der Waals surface area contributed by atoms with Crippen molar-refractivity contribution < 1.29 is 28.6 Å². The van der Waals surface area contributed by atoms with E-state index in [4.69, 9.17) is 16.3 Å². The molecule has 9 heteroatoms. The number of esters is 1. The van der Waals surface area contributed by atoms with Gasteiger partial charge in [-0.3, -0.25) is 4.79 Å². The van der Waals surface area contributed by atoms with Gasteiger partial charge in [-0.25, -0.2) is 9.59 Å². The minimum atomic E-state index is -0.948. The van der Waals surface area contributed by atoms with Crippen LogP contribution in [0.25, 0.3) is 0 Å². The summed E-state index contributed by atoms with van der Waals surface area (Å²) in [6, 6.07) is -0.749. The monoisotopic (exact) mass is 323 g/mol. The largest absolute Gasteiger partial charge is 0.510 e. The molecule has 0 aliphatic carbocycles. The van der Waals surface area contributed by atoms with Gasteiger partial charge in [-0.05, 0) is 13.8 Å². The lowest BCUT2D eigenvalue weighted by molar-refractivity contribution is -0.167. The van der Waals surface area contributed by atoms with Crippen molar-refractivity contribution in [3.8, 4) is 0 Å². The molecule has 0 aromatic carbocycles. The van der Waals surface area contributed by atoms with Gasteiger partial charge >= 0.3 is 12.1 Å². The van der Waals surface area contributed by atoms with Crippen LogP contribution < -0.4 is 0 Å². The standard InChI is InChI=1S/C11H14ClNO6S/c1-11(2)6(9(15)18-4-19-10(16)17-3)13-7(14)5(12)8(13)20-11/h5-6,8H,4H2,1-3H3/t5-,6+,8-/m1/s1. The fourth-order valence-electron chi connectivity index (χ4n) is 2.22. The minimum absolute atomic E-state index is 0.224. The molecule has 2 saturated heterocycles. The molecule has 2 heterocycles. The summed E-state index contributed by atoms with van der Waals surface area (Å²) in [5.41, 5.74) is 0. The highest BCUT2D eigenvalue weighted by Crippen LogP contribution is 2.52. The quantitative estimate of drug-likeness (QED) is 0.331. The van der Waals surface area contributed by atoms with Crippen molar-refractivity contribution in [3.63, 3.8) is 0 Å². The van der Waals surface area contributed by atoms with Crippen molar-refractivity contribution in [2.45, 2.75) is 35.4 Å². The first-order valence-electron chi connectivity index (χ1n) is 5.81. The molecule has 112 valence electrons. The van der Waals surface area contributed by atoms with Gasteiger partial charge in [0.05, 0.1) is 7.11 Å². The number of hydrogen-bond acceptors (Lipinski definition) is 7. The van der Waals surface area contributed by atoms with Crippen LogP contribution in [0.15, 0.2) is 0 Å². The third-order valence-electron chi connectivity index (χ3n) is 3.14. The average molecular weight is 324 g/mol. The second-order valence-electron chi connectivity index (χ2n) is 4.84. The van der Waals surface area contributed by atoms with Crippen LogP contribution in [0.1, 0.15) is 13.8 Å². The number of rotatable bonds is 3. The van der Waals surface area contributed by atoms with E-state index in [9.17, 15) is 14.4 Å². The van der Waals surface area contributed by atoms with E-state index in [1.807, 2.05) is 13.8 Å². The van der Waals surface area contributed by atoms with Crippen molar-refractivity contribution in [1.29, 1.82) is 0 Å². The molecule has 0 N–H and O–H groups in total. The smallest absolute Gasteiger partial charge is 0.438 e. The lowest BCUT2D eigenvalue weighted by Crippen LogP contribution is -2.63. The van der Waals surface area contributed by atoms with Crippen molar-refractivity contribution >= 4 is 41.4 Å². The Morgan fingerprint density at radius 3 is 2.65 bits per heavy atom. The second-order valence-corrected chi connectivity index (χ2v) is 7.08. The topological polar surface area (TPSA) is 82.1 Å². The lowest BCUT2D eigenvalue weighted by Gasteiger charge is -2.40. The zero-order valence-electron chi connectivity index (χ0n) is 11.1. The number of hydrogen-bond donors (Lipinski definition) is 0. The summed E-state index contributed by atoms with van der Waals surface area (Å²) in [5, 5.41) is -0.832. The first kappa shape index (κ1) is 15.2. The summed E-state index contributed by atoms with van der Waals surface area (Å²) in [6.45, 7) is 3.11. The minimum Gasteiger partial charge on any atom is -0.438 e. The third-order valence-corrected chi connectivity index (χ3v) is 5.29. The van der Waals surface area contributed by atoms with Crippen LogP contribution in [0.3, 0.4) is 0 Å². The molecule has 0 saturated carbocycles. The van der Waals surface area contributed by atoms with Gasteiger partial charge in [0.25, 0.3) is 0 Å². The van der Waals surface area contributed by atoms with E-state index in [0.717, 1.165) is 7.11 Å². The molecule has 20 heavy (non-hydrogen) atoms. The van der Waals surface area contributed by atoms with E-state index in [0.29, 0.717) is 0 Å². The van der Waals surface area contributed by atoms with Gasteiger partial charge in [-0.15, -0.1) is 23.4 Å². The highest BCUT2D eigenvalue weighted by molar-refractivity contribution is 8.01. The maximum absolute atomic E-state index is 12.1. The predicted octanol–water partition coefficient (Wildman–Crippen LogP) is 0.940. The molecule has 2 rings (SSSR count). The van der Waals surface area contributed by atoms with E-state index < -0.39 is 35.1 Å². The second kappa shape index (κ2) is 5.33. The van der Waals surface area contributed by atoms with Gasteiger partial charge < -0.3 is 19.1 Å². The molecular weight excluding hydrogens is 310 g/mol. The molecule has 2 aliphatic rings. The Morgan fingerprint density at radius 2 is 2.05 bits per heavy atom. The van der Waals surface area contributed by atoms with Gasteiger partial charge in [-0.1, -0.05) is 0 Å². The molecule has 0 aromatic rings. The van der Waals surface area contributed by atoms with Crippen molar-refractivity contribution in [2.75, 3.05) is 13.9 Å². The molecule has 1 amide bonds. The number of alkyl halides is 1. The Kier molecular flexibility index (Phi) is 4.06. The molecule has 0 radical (unpaired) electrons. The molecule has 2 fully saturated rings. The van der Waals surface area contributed by atoms with Gasteiger partial charge in [0.1, 0.15) is 16.8 Å². The van der Waals surface area contributed by atoms with Crippen molar-refractivity contribution in [1.82, 2.24) is 4.90 Å². The SMILES string of the molecule is COC(=O)OCOC(=O)[C@@H]1N2C(=O)[C@@H](Cl)[C@H]2SC1(C)C. The molecular formula is C11H14ClNO6S. The number of β-lactam (4-membered cyclic amide) rings is 1. The summed E-state index contributed by atoms with van der Waals surface area (Å²) < 4.78 is 13.1. The molecule has 0 unspecified atom stereocenters. The molecule has 0 bridgehead atoms. The number of methoxy groups -OCH3 is 1. The lowest BCUT2D eigenvalue weighted by atomic mass is 9.98. The Labute approximate surface area is 124 Å². The summed E-state index contributed by atoms with van der Waals surface area (Å²) in [4.78, 5) is 36.0. The molecule has 0 spiro atoms. The van der Waals surface area contributed by atoms with Crippen LogP contribution in [0.4, 0.5) is 4.79 Å². The zero-order chi connectivity index (χ0) is 15.1. The third kappa shape index (κ3) is 2.42. The van der Waals surface area contributed by atoms with Crippen LogP contribution in [-0.4, -0.2) is 58.4 Å². The number of fused-ring (bicyclic) bond motifs is 1. The van der Waals surface area contributed by atoms with Crippen molar-refractivity contribution in [2.24, 2.45) is 0 Å². The number of amides is 1. The van der Waals surface area contributed by atoms with E-state index in [2.05, 4.69) is 9.47 Å². The summed E-state index contributed by atoms with van der Waals surface area (Å²) in [5.74, 6) is -0.920.